The van der Waals surface area contributed by atoms with Gasteiger partial charge in [-0.3, -0.25) is 4.79 Å². The van der Waals surface area contributed by atoms with E-state index in [-0.39, 0.29) is 5.25 Å². The smallest absolute Gasteiger partial charge is 0.316 e. The normalized spacial score (nSPS) is 15.1. The maximum absolute atomic E-state index is 12.9. The number of carboxylic acids is 1. The first-order valence-corrected chi connectivity index (χ1v) is 7.00. The van der Waals surface area contributed by atoms with Crippen molar-refractivity contribution in [2.45, 2.75) is 57.9 Å². The Morgan fingerprint density at radius 3 is 2.50 bits per heavy atom. The molecule has 0 aromatic rings. The van der Waals surface area contributed by atoms with E-state index in [0.29, 0.717) is 25.2 Å². The Hall–Kier alpha value is -0.250. The molecule has 2 unspecified atom stereocenters. The number of hydrogen-bond acceptors (Lipinski definition) is 2. The average Bonchev–Trinajstić information content (AvgIpc) is 2.21. The molecule has 0 radical (unpaired) electrons. The van der Waals surface area contributed by atoms with Gasteiger partial charge in [-0.15, -0.1) is 11.8 Å². The van der Waals surface area contributed by atoms with Crippen molar-refractivity contribution in [2.24, 2.45) is 5.92 Å². The van der Waals surface area contributed by atoms with Gasteiger partial charge in [0.15, 0.2) is 0 Å². The highest BCUT2D eigenvalue weighted by Crippen LogP contribution is 2.21. The van der Waals surface area contributed by atoms with Crippen molar-refractivity contribution in [2.75, 3.05) is 5.75 Å². The molecule has 0 amide bonds. The maximum atomic E-state index is 12.9. The fourth-order valence-electron chi connectivity index (χ4n) is 1.40. The Labute approximate surface area is 102 Å². The fourth-order valence-corrected chi connectivity index (χ4v) is 2.68. The molecule has 0 saturated heterocycles. The molecule has 4 heteroatoms. The predicted molar refractivity (Wildman–Crippen MR) is 67.8 cm³/mol. The molecule has 0 saturated carbocycles. The quantitative estimate of drug-likeness (QED) is 0.633. The molecule has 1 N–H and O–H groups in total. The Morgan fingerprint density at radius 2 is 2.06 bits per heavy atom. The minimum Gasteiger partial charge on any atom is -0.480 e. The van der Waals surface area contributed by atoms with Gasteiger partial charge in [-0.05, 0) is 37.4 Å². The third kappa shape index (κ3) is 7.97. The first kappa shape index (κ1) is 15.8. The van der Waals surface area contributed by atoms with E-state index in [0.717, 1.165) is 12.2 Å². The van der Waals surface area contributed by atoms with E-state index in [4.69, 9.17) is 5.11 Å². The number of carbonyl (C=O) groups is 1. The van der Waals surface area contributed by atoms with Gasteiger partial charge >= 0.3 is 5.97 Å². The molecule has 0 rings (SSSR count). The molecule has 0 aromatic heterocycles. The molecule has 0 aliphatic heterocycles. The second-order valence-corrected chi connectivity index (χ2v) is 5.79. The van der Waals surface area contributed by atoms with Crippen LogP contribution in [0.5, 0.6) is 0 Å². The van der Waals surface area contributed by atoms with Crippen molar-refractivity contribution >= 4 is 17.7 Å². The van der Waals surface area contributed by atoms with Crippen LogP contribution in [0.15, 0.2) is 0 Å². The van der Waals surface area contributed by atoms with E-state index >= 15 is 0 Å². The van der Waals surface area contributed by atoms with Gasteiger partial charge in [0.2, 0.25) is 0 Å². The van der Waals surface area contributed by atoms with Crippen LogP contribution in [-0.4, -0.2) is 28.3 Å². The van der Waals surface area contributed by atoms with Crippen LogP contribution in [-0.2, 0) is 4.79 Å². The minimum atomic E-state index is -0.744. The zero-order chi connectivity index (χ0) is 12.6. The van der Waals surface area contributed by atoms with Gasteiger partial charge in [0.1, 0.15) is 5.25 Å². The average molecular weight is 250 g/mol. The summed E-state index contributed by atoms with van der Waals surface area (Å²) in [6, 6.07) is 0. The summed E-state index contributed by atoms with van der Waals surface area (Å²) in [5.41, 5.74) is 0. The molecule has 0 heterocycles. The molecule has 0 aliphatic carbocycles. The van der Waals surface area contributed by atoms with Crippen LogP contribution in [0.1, 0.15) is 46.5 Å². The lowest BCUT2D eigenvalue weighted by Crippen LogP contribution is -2.19. The van der Waals surface area contributed by atoms with E-state index in [9.17, 15) is 9.18 Å². The summed E-state index contributed by atoms with van der Waals surface area (Å²) in [6.45, 7) is 5.87. The zero-order valence-corrected chi connectivity index (χ0v) is 11.2. The molecule has 0 aliphatic rings. The van der Waals surface area contributed by atoms with Crippen molar-refractivity contribution in [1.82, 2.24) is 0 Å². The first-order valence-electron chi connectivity index (χ1n) is 5.95. The molecule has 96 valence electrons. The molecular weight excluding hydrogens is 227 g/mol. The van der Waals surface area contributed by atoms with Crippen LogP contribution in [0.4, 0.5) is 4.39 Å². The third-order valence-electron chi connectivity index (χ3n) is 2.38. The molecule has 2 nitrogen and oxygen atoms in total. The maximum Gasteiger partial charge on any atom is 0.316 e. The lowest BCUT2D eigenvalue weighted by molar-refractivity contribution is -0.136. The summed E-state index contributed by atoms with van der Waals surface area (Å²) in [5, 5.41) is 8.65. The van der Waals surface area contributed by atoms with Gasteiger partial charge in [-0.2, -0.15) is 0 Å². The van der Waals surface area contributed by atoms with E-state index in [1.165, 1.54) is 11.8 Å². The second-order valence-electron chi connectivity index (χ2n) is 4.47. The highest BCUT2D eigenvalue weighted by molar-refractivity contribution is 8.00. The summed E-state index contributed by atoms with van der Waals surface area (Å²) in [4.78, 5) is 10.9. The SMILES string of the molecule is CCC(F)CCCSC(CC(C)C)C(=O)O. The molecule has 0 spiro atoms. The van der Waals surface area contributed by atoms with Gasteiger partial charge in [0, 0.05) is 0 Å². The van der Waals surface area contributed by atoms with Crippen LogP contribution in [0.25, 0.3) is 0 Å². The second kappa shape index (κ2) is 8.85. The highest BCUT2D eigenvalue weighted by atomic mass is 32.2. The predicted octanol–water partition coefficient (Wildman–Crippen LogP) is 3.75. The van der Waals surface area contributed by atoms with Crippen molar-refractivity contribution in [3.05, 3.63) is 0 Å². The number of thioether (sulfide) groups is 1. The zero-order valence-electron chi connectivity index (χ0n) is 10.4. The van der Waals surface area contributed by atoms with Crippen LogP contribution in [0.2, 0.25) is 0 Å². The number of alkyl halides is 1. The topological polar surface area (TPSA) is 37.3 Å². The van der Waals surface area contributed by atoms with E-state index in [1.54, 1.807) is 0 Å². The van der Waals surface area contributed by atoms with Crippen molar-refractivity contribution < 1.29 is 14.3 Å². The van der Waals surface area contributed by atoms with E-state index in [2.05, 4.69) is 0 Å². The summed E-state index contributed by atoms with van der Waals surface area (Å²) in [5.74, 6) is 0.383. The molecule has 16 heavy (non-hydrogen) atoms. The molecule has 0 fully saturated rings. The number of rotatable bonds is 9. The lowest BCUT2D eigenvalue weighted by atomic mass is 10.1. The minimum absolute atomic E-state index is 0.334. The van der Waals surface area contributed by atoms with Gasteiger partial charge in [-0.25, -0.2) is 4.39 Å². The van der Waals surface area contributed by atoms with Crippen LogP contribution in [0, 0.1) is 5.92 Å². The van der Waals surface area contributed by atoms with E-state index in [1.807, 2.05) is 20.8 Å². The van der Waals surface area contributed by atoms with Gasteiger partial charge in [0.25, 0.3) is 0 Å². The van der Waals surface area contributed by atoms with Crippen LogP contribution in [0.3, 0.4) is 0 Å². The van der Waals surface area contributed by atoms with Gasteiger partial charge in [0.05, 0.1) is 6.17 Å². The Balaban J connectivity index is 3.72. The third-order valence-corrected chi connectivity index (χ3v) is 3.71. The monoisotopic (exact) mass is 250 g/mol. The summed E-state index contributed by atoms with van der Waals surface area (Å²) >= 11 is 1.44. The summed E-state index contributed by atoms with van der Waals surface area (Å²) in [7, 11) is 0. The fraction of sp³-hybridized carbons (Fsp3) is 0.917. The number of carboxylic acid groups (broad SMARTS) is 1. The molecular formula is C12H23FO2S. The lowest BCUT2D eigenvalue weighted by Gasteiger charge is -2.14. The largest absolute Gasteiger partial charge is 0.480 e. The number of aliphatic carboxylic acids is 1. The first-order chi connectivity index (χ1) is 7.47. The standard InChI is InChI=1S/C12H23FO2S/c1-4-10(13)6-5-7-16-11(12(14)15)8-9(2)3/h9-11H,4-8H2,1-3H3,(H,14,15). The number of hydrogen-bond donors (Lipinski definition) is 1. The van der Waals surface area contributed by atoms with Crippen molar-refractivity contribution in [1.29, 1.82) is 0 Å². The Kier molecular flexibility index (Phi) is 8.71. The van der Waals surface area contributed by atoms with Gasteiger partial charge < -0.3 is 5.11 Å². The highest BCUT2D eigenvalue weighted by Gasteiger charge is 2.18. The Bertz CT molecular complexity index is 197. The Morgan fingerprint density at radius 1 is 1.44 bits per heavy atom. The summed E-state index contributed by atoms with van der Waals surface area (Å²) in [6.07, 6.45) is 1.83. The van der Waals surface area contributed by atoms with E-state index < -0.39 is 12.1 Å². The molecule has 2 atom stereocenters. The molecule has 0 aromatic carbocycles. The van der Waals surface area contributed by atoms with Crippen LogP contribution < -0.4 is 0 Å². The van der Waals surface area contributed by atoms with Crippen molar-refractivity contribution in [3.63, 3.8) is 0 Å². The number of halogens is 1. The molecule has 0 bridgehead atoms. The summed E-state index contributed by atoms with van der Waals surface area (Å²) < 4.78 is 12.9. The van der Waals surface area contributed by atoms with Crippen LogP contribution >= 0.6 is 11.8 Å². The van der Waals surface area contributed by atoms with Crippen molar-refractivity contribution in [3.8, 4) is 0 Å². The van der Waals surface area contributed by atoms with Gasteiger partial charge in [-0.1, -0.05) is 20.8 Å².